The van der Waals surface area contributed by atoms with Crippen molar-refractivity contribution in [2.24, 2.45) is 0 Å². The fraction of sp³-hybridized carbons (Fsp3) is 0.462. The molecular weight excluding hydrogens is 436 g/mol. The molecule has 8 nitrogen and oxygen atoms in total. The quantitative estimate of drug-likeness (QED) is 0.624. The zero-order chi connectivity index (χ0) is 24.0. The summed E-state index contributed by atoms with van der Waals surface area (Å²) in [7, 11) is 0. The minimum Gasteiger partial charge on any atom is -0.457 e. The normalized spacial score (nSPS) is 20.0. The van der Waals surface area contributed by atoms with E-state index in [2.05, 4.69) is 9.80 Å². The summed E-state index contributed by atoms with van der Waals surface area (Å²) in [6.07, 6.45) is -1.28. The van der Waals surface area contributed by atoms with Crippen LogP contribution in [0.3, 0.4) is 0 Å². The average Bonchev–Trinajstić information content (AvgIpc) is 3.37. The van der Waals surface area contributed by atoms with Gasteiger partial charge in [0.15, 0.2) is 0 Å². The topological polar surface area (TPSA) is 99.5 Å². The van der Waals surface area contributed by atoms with Crippen molar-refractivity contribution in [3.63, 3.8) is 0 Å². The van der Waals surface area contributed by atoms with Crippen LogP contribution in [-0.2, 0) is 22.7 Å². The molecule has 1 unspecified atom stereocenters. The minimum atomic E-state index is -0.642. The molecule has 3 heterocycles. The number of carbonyl (C=O) groups is 2. The molecule has 8 heteroatoms. The number of fused-ring (bicyclic) bond motifs is 2. The van der Waals surface area contributed by atoms with Gasteiger partial charge in [-0.05, 0) is 54.3 Å². The van der Waals surface area contributed by atoms with Gasteiger partial charge < -0.3 is 19.7 Å². The standard InChI is InChI=1S/C26H30N2O6/c1-15-9-21-17(13-33-26(21)32)10-20(15)24(30)12-28-7-5-27(6-8-28)11-23(29)18-3-4-19-22(16(18)2)14-34-25(19)31/h3-4,9-10,23-24,29-30H,5-8,11-14H2,1-2H3/t23-,24?/m1/s1. The van der Waals surface area contributed by atoms with Gasteiger partial charge in [-0.2, -0.15) is 0 Å². The summed E-state index contributed by atoms with van der Waals surface area (Å²) in [5.41, 5.74) is 6.39. The number of cyclic esters (lactones) is 2. The number of esters is 2. The Morgan fingerprint density at radius 1 is 0.824 bits per heavy atom. The third-order valence-corrected chi connectivity index (χ3v) is 7.32. The molecule has 3 aliphatic rings. The predicted octanol–water partition coefficient (Wildman–Crippen LogP) is 2.03. The molecule has 1 saturated heterocycles. The highest BCUT2D eigenvalue weighted by Gasteiger charge is 2.28. The molecule has 5 rings (SSSR count). The summed E-state index contributed by atoms with van der Waals surface area (Å²) in [6.45, 7) is 8.58. The van der Waals surface area contributed by atoms with Gasteiger partial charge in [0.05, 0.1) is 23.3 Å². The van der Waals surface area contributed by atoms with Gasteiger partial charge in [-0.3, -0.25) is 9.80 Å². The van der Waals surface area contributed by atoms with E-state index in [4.69, 9.17) is 9.47 Å². The molecule has 34 heavy (non-hydrogen) atoms. The second-order valence-electron chi connectivity index (χ2n) is 9.46. The van der Waals surface area contributed by atoms with Crippen LogP contribution in [0.1, 0.15) is 66.3 Å². The molecule has 0 spiro atoms. The number of hydrogen-bond donors (Lipinski definition) is 2. The first kappa shape index (κ1) is 23.0. The Morgan fingerprint density at radius 3 is 2.09 bits per heavy atom. The van der Waals surface area contributed by atoms with E-state index in [1.165, 1.54) is 0 Å². The number of piperazine rings is 1. The third-order valence-electron chi connectivity index (χ3n) is 7.32. The first-order chi connectivity index (χ1) is 16.3. The van der Waals surface area contributed by atoms with Crippen molar-refractivity contribution in [3.8, 4) is 0 Å². The van der Waals surface area contributed by atoms with Crippen LogP contribution in [0.25, 0.3) is 0 Å². The molecule has 2 aromatic carbocycles. The Kier molecular flexibility index (Phi) is 6.16. The molecule has 0 bridgehead atoms. The molecule has 180 valence electrons. The number of benzene rings is 2. The maximum absolute atomic E-state index is 11.8. The minimum absolute atomic E-state index is 0.266. The maximum Gasteiger partial charge on any atom is 0.338 e. The lowest BCUT2D eigenvalue weighted by atomic mass is 9.95. The van der Waals surface area contributed by atoms with Crippen LogP contribution in [-0.4, -0.2) is 71.2 Å². The number of aryl methyl sites for hydroxylation is 1. The molecule has 1 fully saturated rings. The molecule has 0 aliphatic carbocycles. The zero-order valence-electron chi connectivity index (χ0n) is 19.5. The third kappa shape index (κ3) is 4.22. The molecule has 3 aliphatic heterocycles. The highest BCUT2D eigenvalue weighted by molar-refractivity contribution is 5.94. The van der Waals surface area contributed by atoms with Gasteiger partial charge in [0.25, 0.3) is 0 Å². The van der Waals surface area contributed by atoms with Crippen molar-refractivity contribution in [2.45, 2.75) is 39.3 Å². The van der Waals surface area contributed by atoms with Crippen molar-refractivity contribution in [2.75, 3.05) is 39.3 Å². The number of nitrogens with zero attached hydrogens (tertiary/aromatic N) is 2. The summed E-state index contributed by atoms with van der Waals surface area (Å²) < 4.78 is 10.2. The van der Waals surface area contributed by atoms with E-state index in [1.807, 2.05) is 32.0 Å². The Hall–Kier alpha value is -2.78. The number of rotatable bonds is 6. The summed E-state index contributed by atoms with van der Waals surface area (Å²) >= 11 is 0. The van der Waals surface area contributed by atoms with Gasteiger partial charge in [0.1, 0.15) is 13.2 Å². The lowest BCUT2D eigenvalue weighted by Gasteiger charge is -2.36. The Labute approximate surface area is 198 Å². The van der Waals surface area contributed by atoms with E-state index >= 15 is 0 Å². The zero-order valence-corrected chi connectivity index (χ0v) is 19.5. The van der Waals surface area contributed by atoms with Gasteiger partial charge in [0, 0.05) is 50.4 Å². The van der Waals surface area contributed by atoms with Gasteiger partial charge in [0.2, 0.25) is 0 Å². The van der Waals surface area contributed by atoms with Gasteiger partial charge in [-0.1, -0.05) is 6.07 Å². The molecule has 2 N–H and O–H groups in total. The second kappa shape index (κ2) is 9.11. The summed E-state index contributed by atoms with van der Waals surface area (Å²) in [4.78, 5) is 28.0. The molecule has 0 aromatic heterocycles. The van der Waals surface area contributed by atoms with Crippen molar-refractivity contribution in [1.29, 1.82) is 0 Å². The van der Waals surface area contributed by atoms with Gasteiger partial charge >= 0.3 is 11.9 Å². The molecule has 2 atom stereocenters. The molecule has 0 saturated carbocycles. The highest BCUT2D eigenvalue weighted by Crippen LogP contribution is 2.30. The molecule has 2 aromatic rings. The summed E-state index contributed by atoms with van der Waals surface area (Å²) in [5.74, 6) is -0.594. The molecule has 0 radical (unpaired) electrons. The number of hydrogen-bond acceptors (Lipinski definition) is 8. The first-order valence-electron chi connectivity index (χ1n) is 11.7. The average molecular weight is 467 g/mol. The van der Waals surface area contributed by atoms with Crippen LogP contribution in [0.5, 0.6) is 0 Å². The molecular formula is C26H30N2O6. The monoisotopic (exact) mass is 466 g/mol. The lowest BCUT2D eigenvalue weighted by molar-refractivity contribution is 0.0478. The van der Waals surface area contributed by atoms with E-state index < -0.39 is 12.2 Å². The van der Waals surface area contributed by atoms with Gasteiger partial charge in [-0.25, -0.2) is 9.59 Å². The maximum atomic E-state index is 11.8. The summed E-state index contributed by atoms with van der Waals surface area (Å²) in [6, 6.07) is 7.28. The Balaban J connectivity index is 1.16. The van der Waals surface area contributed by atoms with E-state index in [9.17, 15) is 19.8 Å². The SMILES string of the molecule is Cc1cc2c(cc1C(O)CN1CCN(C[C@@H](O)c3ccc4c(c3C)COC4=O)CC1)COC2=O. The second-order valence-corrected chi connectivity index (χ2v) is 9.46. The first-order valence-corrected chi connectivity index (χ1v) is 11.7. The van der Waals surface area contributed by atoms with E-state index in [0.29, 0.717) is 24.2 Å². The fourth-order valence-corrected chi connectivity index (χ4v) is 5.23. The number of β-amino-alcohol motifs (C(OH)–C–C–N with tert-alkyl or cyclic N) is 2. The molecule has 0 amide bonds. The largest absolute Gasteiger partial charge is 0.457 e. The van der Waals surface area contributed by atoms with Crippen molar-refractivity contribution in [3.05, 3.63) is 68.8 Å². The van der Waals surface area contributed by atoms with E-state index in [-0.39, 0.29) is 25.2 Å². The van der Waals surface area contributed by atoms with Crippen molar-refractivity contribution >= 4 is 11.9 Å². The van der Waals surface area contributed by atoms with Crippen molar-refractivity contribution in [1.82, 2.24) is 9.80 Å². The van der Waals surface area contributed by atoms with Crippen LogP contribution in [0.2, 0.25) is 0 Å². The Bertz CT molecular complexity index is 1110. The number of aliphatic hydroxyl groups is 2. The fourth-order valence-electron chi connectivity index (χ4n) is 5.23. The van der Waals surface area contributed by atoms with Crippen LogP contribution in [0.15, 0.2) is 24.3 Å². The number of carbonyl (C=O) groups excluding carboxylic acids is 2. The van der Waals surface area contributed by atoms with Crippen LogP contribution < -0.4 is 0 Å². The van der Waals surface area contributed by atoms with Crippen LogP contribution in [0.4, 0.5) is 0 Å². The number of ether oxygens (including phenoxy) is 2. The van der Waals surface area contributed by atoms with Crippen LogP contribution in [0, 0.1) is 13.8 Å². The Morgan fingerprint density at radius 2 is 1.41 bits per heavy atom. The predicted molar refractivity (Wildman–Crippen MR) is 123 cm³/mol. The van der Waals surface area contributed by atoms with E-state index in [1.54, 1.807) is 6.07 Å². The summed E-state index contributed by atoms with van der Waals surface area (Å²) in [5, 5.41) is 21.8. The van der Waals surface area contributed by atoms with Gasteiger partial charge in [-0.15, -0.1) is 0 Å². The smallest absolute Gasteiger partial charge is 0.338 e. The number of aliphatic hydroxyl groups excluding tert-OH is 2. The lowest BCUT2D eigenvalue weighted by Crippen LogP contribution is -2.48. The highest BCUT2D eigenvalue weighted by atomic mass is 16.5. The van der Waals surface area contributed by atoms with E-state index in [0.717, 1.165) is 59.6 Å². The van der Waals surface area contributed by atoms with Crippen LogP contribution >= 0.6 is 0 Å². The van der Waals surface area contributed by atoms with Crippen molar-refractivity contribution < 1.29 is 29.3 Å².